The number of aliphatic hydroxyl groups excluding tert-OH is 2. The van der Waals surface area contributed by atoms with Gasteiger partial charge >= 0.3 is 11.9 Å². The SMILES string of the molecule is CC(=O)OCOC(=O)c1ccc(CN(CCO)CCO)cc1. The molecule has 0 amide bonds. The van der Waals surface area contributed by atoms with Crippen LogP contribution in [0.25, 0.3) is 0 Å². The van der Waals surface area contributed by atoms with Gasteiger partial charge in [0.25, 0.3) is 0 Å². The van der Waals surface area contributed by atoms with Gasteiger partial charge in [-0.15, -0.1) is 0 Å². The summed E-state index contributed by atoms with van der Waals surface area (Å²) in [4.78, 5) is 24.1. The summed E-state index contributed by atoms with van der Waals surface area (Å²) in [5.74, 6) is -1.09. The highest BCUT2D eigenvalue weighted by Gasteiger charge is 2.09. The lowest BCUT2D eigenvalue weighted by molar-refractivity contribution is -0.149. The molecule has 0 bridgehead atoms. The van der Waals surface area contributed by atoms with Crippen molar-refractivity contribution in [2.45, 2.75) is 13.5 Å². The number of benzene rings is 1. The van der Waals surface area contributed by atoms with Crippen molar-refractivity contribution < 1.29 is 29.3 Å². The van der Waals surface area contributed by atoms with Gasteiger partial charge in [0, 0.05) is 26.6 Å². The molecule has 0 saturated heterocycles. The van der Waals surface area contributed by atoms with Crippen molar-refractivity contribution in [2.75, 3.05) is 33.1 Å². The Hall–Kier alpha value is -1.96. The lowest BCUT2D eigenvalue weighted by atomic mass is 10.1. The summed E-state index contributed by atoms with van der Waals surface area (Å²) in [7, 11) is 0. The average molecular weight is 311 g/mol. The Bertz CT molecular complexity index is 467. The number of rotatable bonds is 9. The molecular formula is C15H21NO6. The minimum Gasteiger partial charge on any atom is -0.428 e. The summed E-state index contributed by atoms with van der Waals surface area (Å²) in [5.41, 5.74) is 1.30. The highest BCUT2D eigenvalue weighted by Crippen LogP contribution is 2.09. The minimum atomic E-state index is -0.574. The number of carbonyl (C=O) groups excluding carboxylic acids is 2. The first-order valence-electron chi connectivity index (χ1n) is 6.90. The Labute approximate surface area is 129 Å². The van der Waals surface area contributed by atoms with E-state index in [1.807, 2.05) is 4.90 Å². The van der Waals surface area contributed by atoms with Crippen LogP contribution in [-0.2, 0) is 20.8 Å². The van der Waals surface area contributed by atoms with E-state index in [0.29, 0.717) is 25.2 Å². The molecule has 22 heavy (non-hydrogen) atoms. The van der Waals surface area contributed by atoms with E-state index in [4.69, 9.17) is 14.9 Å². The zero-order valence-corrected chi connectivity index (χ0v) is 12.5. The third-order valence-corrected chi connectivity index (χ3v) is 2.88. The predicted molar refractivity (Wildman–Crippen MR) is 77.9 cm³/mol. The van der Waals surface area contributed by atoms with Crippen LogP contribution in [0.4, 0.5) is 0 Å². The molecular weight excluding hydrogens is 290 g/mol. The van der Waals surface area contributed by atoms with Crippen LogP contribution in [0, 0.1) is 0 Å². The molecule has 0 aromatic heterocycles. The third kappa shape index (κ3) is 6.66. The Morgan fingerprint density at radius 3 is 2.14 bits per heavy atom. The first-order valence-corrected chi connectivity index (χ1v) is 6.90. The molecule has 0 saturated carbocycles. The number of carbonyl (C=O) groups is 2. The standard InChI is InChI=1S/C15H21NO6/c1-12(19)21-11-22-15(20)14-4-2-13(3-5-14)10-16(6-8-17)7-9-18/h2-5,17-18H,6-11H2,1H3. The second-order valence-electron chi connectivity index (χ2n) is 4.61. The number of aliphatic hydroxyl groups is 2. The molecule has 1 aromatic carbocycles. The summed E-state index contributed by atoms with van der Waals surface area (Å²) < 4.78 is 9.31. The Morgan fingerprint density at radius 2 is 1.64 bits per heavy atom. The fourth-order valence-corrected chi connectivity index (χ4v) is 1.81. The van der Waals surface area contributed by atoms with E-state index in [9.17, 15) is 9.59 Å². The molecule has 1 aromatic rings. The summed E-state index contributed by atoms with van der Waals surface area (Å²) in [6.45, 7) is 2.34. The van der Waals surface area contributed by atoms with E-state index in [1.165, 1.54) is 6.92 Å². The molecule has 7 heteroatoms. The molecule has 0 aliphatic rings. The van der Waals surface area contributed by atoms with Crippen LogP contribution < -0.4 is 0 Å². The van der Waals surface area contributed by atoms with Gasteiger partial charge in [-0.25, -0.2) is 4.79 Å². The van der Waals surface area contributed by atoms with E-state index in [-0.39, 0.29) is 13.2 Å². The molecule has 0 fully saturated rings. The highest BCUT2D eigenvalue weighted by molar-refractivity contribution is 5.89. The van der Waals surface area contributed by atoms with E-state index >= 15 is 0 Å². The maximum atomic E-state index is 11.7. The third-order valence-electron chi connectivity index (χ3n) is 2.88. The molecule has 0 atom stereocenters. The molecule has 0 heterocycles. The predicted octanol–water partition coefficient (Wildman–Crippen LogP) is 0.151. The van der Waals surface area contributed by atoms with Gasteiger partial charge in [-0.2, -0.15) is 0 Å². The van der Waals surface area contributed by atoms with Crippen molar-refractivity contribution in [1.82, 2.24) is 4.90 Å². The molecule has 7 nitrogen and oxygen atoms in total. The van der Waals surface area contributed by atoms with Crippen LogP contribution in [0.1, 0.15) is 22.8 Å². The second kappa shape index (κ2) is 9.88. The quantitative estimate of drug-likeness (QED) is 0.495. The van der Waals surface area contributed by atoms with Gasteiger partial charge < -0.3 is 19.7 Å². The molecule has 0 spiro atoms. The normalized spacial score (nSPS) is 10.5. The summed E-state index contributed by atoms with van der Waals surface area (Å²) >= 11 is 0. The van der Waals surface area contributed by atoms with Gasteiger partial charge in [-0.1, -0.05) is 12.1 Å². The lowest BCUT2D eigenvalue weighted by Gasteiger charge is -2.20. The Morgan fingerprint density at radius 1 is 1.05 bits per heavy atom. The van der Waals surface area contributed by atoms with Crippen LogP contribution in [0.3, 0.4) is 0 Å². The lowest BCUT2D eigenvalue weighted by Crippen LogP contribution is -2.29. The van der Waals surface area contributed by atoms with Crippen LogP contribution in [0.15, 0.2) is 24.3 Å². The maximum Gasteiger partial charge on any atom is 0.340 e. The van der Waals surface area contributed by atoms with Crippen LogP contribution >= 0.6 is 0 Å². The number of nitrogens with zero attached hydrogens (tertiary/aromatic N) is 1. The molecule has 1 rings (SSSR count). The van der Waals surface area contributed by atoms with Crippen molar-refractivity contribution in [2.24, 2.45) is 0 Å². The van der Waals surface area contributed by atoms with Crippen LogP contribution in [-0.4, -0.2) is 60.1 Å². The topological polar surface area (TPSA) is 96.3 Å². The van der Waals surface area contributed by atoms with E-state index in [2.05, 4.69) is 4.74 Å². The number of ether oxygens (including phenoxy) is 2. The smallest absolute Gasteiger partial charge is 0.340 e. The fourth-order valence-electron chi connectivity index (χ4n) is 1.81. The zero-order chi connectivity index (χ0) is 16.4. The molecule has 2 N–H and O–H groups in total. The molecule has 0 aliphatic carbocycles. The van der Waals surface area contributed by atoms with Gasteiger partial charge in [0.15, 0.2) is 0 Å². The summed E-state index contributed by atoms with van der Waals surface area (Å²) in [6, 6.07) is 6.76. The van der Waals surface area contributed by atoms with Crippen molar-refractivity contribution in [3.63, 3.8) is 0 Å². The Balaban J connectivity index is 2.54. The van der Waals surface area contributed by atoms with Gasteiger partial charge in [-0.05, 0) is 17.7 Å². The molecule has 122 valence electrons. The van der Waals surface area contributed by atoms with E-state index < -0.39 is 18.7 Å². The molecule has 0 aliphatic heterocycles. The van der Waals surface area contributed by atoms with Gasteiger partial charge in [-0.3, -0.25) is 9.69 Å². The summed E-state index contributed by atoms with van der Waals surface area (Å²) in [6.07, 6.45) is 0. The summed E-state index contributed by atoms with van der Waals surface area (Å²) in [5, 5.41) is 17.9. The van der Waals surface area contributed by atoms with Crippen LogP contribution in [0.2, 0.25) is 0 Å². The van der Waals surface area contributed by atoms with Gasteiger partial charge in [0.05, 0.1) is 18.8 Å². The zero-order valence-electron chi connectivity index (χ0n) is 12.5. The Kier molecular flexibility index (Phi) is 8.13. The minimum absolute atomic E-state index is 0.0144. The van der Waals surface area contributed by atoms with E-state index in [1.54, 1.807) is 24.3 Å². The fraction of sp³-hybridized carbons (Fsp3) is 0.467. The highest BCUT2D eigenvalue weighted by atomic mass is 16.7. The maximum absolute atomic E-state index is 11.7. The van der Waals surface area contributed by atoms with E-state index in [0.717, 1.165) is 5.56 Å². The largest absolute Gasteiger partial charge is 0.428 e. The number of hydrogen-bond acceptors (Lipinski definition) is 7. The van der Waals surface area contributed by atoms with Crippen molar-refractivity contribution in [3.8, 4) is 0 Å². The first kappa shape index (κ1) is 18.1. The first-order chi connectivity index (χ1) is 10.6. The van der Waals surface area contributed by atoms with Crippen molar-refractivity contribution >= 4 is 11.9 Å². The van der Waals surface area contributed by atoms with Crippen molar-refractivity contribution in [1.29, 1.82) is 0 Å². The molecule has 0 unspecified atom stereocenters. The number of hydrogen-bond donors (Lipinski definition) is 2. The average Bonchev–Trinajstić information content (AvgIpc) is 2.48. The number of esters is 2. The molecule has 0 radical (unpaired) electrons. The van der Waals surface area contributed by atoms with Crippen LogP contribution in [0.5, 0.6) is 0 Å². The van der Waals surface area contributed by atoms with Crippen molar-refractivity contribution in [3.05, 3.63) is 35.4 Å². The second-order valence-corrected chi connectivity index (χ2v) is 4.61. The van der Waals surface area contributed by atoms with Gasteiger partial charge in [0.2, 0.25) is 6.79 Å². The monoisotopic (exact) mass is 311 g/mol. The van der Waals surface area contributed by atoms with Gasteiger partial charge in [0.1, 0.15) is 0 Å².